The summed E-state index contributed by atoms with van der Waals surface area (Å²) >= 11 is 0. The minimum Gasteiger partial charge on any atom is -0.468 e. The summed E-state index contributed by atoms with van der Waals surface area (Å²) in [7, 11) is 1.36. The Morgan fingerprint density at radius 1 is 1.35 bits per heavy atom. The number of rotatable bonds is 5. The number of hydrogen-bond acceptors (Lipinski definition) is 4. The zero-order valence-electron chi connectivity index (χ0n) is 11.5. The average Bonchev–Trinajstić information content (AvgIpc) is 2.76. The summed E-state index contributed by atoms with van der Waals surface area (Å²) in [6.07, 6.45) is 0.561. The molecule has 0 aliphatic carbocycles. The van der Waals surface area contributed by atoms with Gasteiger partial charge in [-0.1, -0.05) is 12.1 Å². The van der Waals surface area contributed by atoms with Crippen LogP contribution in [0.3, 0.4) is 0 Å². The Morgan fingerprint density at radius 2 is 2.10 bits per heavy atom. The normalized spacial score (nSPS) is 10.5. The molecule has 0 saturated heterocycles. The Labute approximate surface area is 116 Å². The fraction of sp³-hybridized carbons (Fsp3) is 0.357. The van der Waals surface area contributed by atoms with Crippen molar-refractivity contribution in [2.75, 3.05) is 13.7 Å². The maximum absolute atomic E-state index is 11.5. The lowest BCUT2D eigenvalue weighted by Gasteiger charge is -2.08. The van der Waals surface area contributed by atoms with Crippen LogP contribution in [0.1, 0.15) is 12.7 Å². The second kappa shape index (κ2) is 6.18. The van der Waals surface area contributed by atoms with Crippen LogP contribution in [0.25, 0.3) is 11.0 Å². The van der Waals surface area contributed by atoms with Gasteiger partial charge >= 0.3 is 5.97 Å². The first-order chi connectivity index (χ1) is 9.61. The van der Waals surface area contributed by atoms with Crippen LogP contribution in [0, 0.1) is 0 Å². The molecule has 0 bridgehead atoms. The van der Waals surface area contributed by atoms with Crippen molar-refractivity contribution < 1.29 is 14.3 Å². The number of aromatic nitrogens is 2. The molecule has 2 aromatic rings. The third-order valence-corrected chi connectivity index (χ3v) is 2.97. The minimum atomic E-state index is -0.325. The molecule has 2 rings (SSSR count). The van der Waals surface area contributed by atoms with E-state index in [1.165, 1.54) is 14.0 Å². The van der Waals surface area contributed by atoms with E-state index in [0.717, 1.165) is 16.9 Å². The van der Waals surface area contributed by atoms with Gasteiger partial charge in [0.1, 0.15) is 12.4 Å². The van der Waals surface area contributed by atoms with E-state index in [4.69, 9.17) is 4.74 Å². The van der Waals surface area contributed by atoms with E-state index in [1.807, 2.05) is 28.8 Å². The summed E-state index contributed by atoms with van der Waals surface area (Å²) in [5.74, 6) is 0.347. The van der Waals surface area contributed by atoms with E-state index < -0.39 is 0 Å². The largest absolute Gasteiger partial charge is 0.468 e. The van der Waals surface area contributed by atoms with Crippen molar-refractivity contribution in [3.63, 3.8) is 0 Å². The predicted molar refractivity (Wildman–Crippen MR) is 74.1 cm³/mol. The number of carbonyl (C=O) groups is 2. The minimum absolute atomic E-state index is 0.0828. The first-order valence-corrected chi connectivity index (χ1v) is 6.37. The molecular weight excluding hydrogens is 258 g/mol. The highest BCUT2D eigenvalue weighted by atomic mass is 16.5. The SMILES string of the molecule is COC(=O)Cn1c(CCNC(C)=O)nc2ccccc21. The van der Waals surface area contributed by atoms with E-state index in [-0.39, 0.29) is 18.4 Å². The molecule has 0 aliphatic rings. The van der Waals surface area contributed by atoms with Crippen molar-refractivity contribution in [2.24, 2.45) is 0 Å². The fourth-order valence-electron chi connectivity index (χ4n) is 2.04. The van der Waals surface area contributed by atoms with Gasteiger partial charge in [-0.25, -0.2) is 4.98 Å². The molecule has 106 valence electrons. The van der Waals surface area contributed by atoms with E-state index in [2.05, 4.69) is 10.3 Å². The molecule has 1 aromatic carbocycles. The number of benzene rings is 1. The standard InChI is InChI=1S/C14H17N3O3/c1-10(18)15-8-7-13-16-11-5-3-4-6-12(11)17(13)9-14(19)20-2/h3-6H,7-9H2,1-2H3,(H,15,18). The quantitative estimate of drug-likeness (QED) is 0.822. The molecule has 1 aromatic heterocycles. The van der Waals surface area contributed by atoms with Gasteiger partial charge in [0.05, 0.1) is 18.1 Å². The number of nitrogens with one attached hydrogen (secondary N) is 1. The van der Waals surface area contributed by atoms with Crippen LogP contribution in [0.15, 0.2) is 24.3 Å². The predicted octanol–water partition coefficient (Wildman–Crippen LogP) is 0.888. The number of imidazole rings is 1. The van der Waals surface area contributed by atoms with Gasteiger partial charge in [-0.15, -0.1) is 0 Å². The van der Waals surface area contributed by atoms with Gasteiger partial charge < -0.3 is 14.6 Å². The lowest BCUT2D eigenvalue weighted by atomic mass is 10.3. The first-order valence-electron chi connectivity index (χ1n) is 6.37. The number of nitrogens with zero attached hydrogens (tertiary/aromatic N) is 2. The molecule has 0 spiro atoms. The highest BCUT2D eigenvalue weighted by Gasteiger charge is 2.13. The molecule has 20 heavy (non-hydrogen) atoms. The molecule has 6 nitrogen and oxygen atoms in total. The van der Waals surface area contributed by atoms with E-state index in [0.29, 0.717) is 13.0 Å². The Hall–Kier alpha value is -2.37. The number of amides is 1. The van der Waals surface area contributed by atoms with Crippen LogP contribution in [0.4, 0.5) is 0 Å². The third kappa shape index (κ3) is 3.14. The van der Waals surface area contributed by atoms with Crippen LogP contribution in [-0.2, 0) is 27.3 Å². The highest BCUT2D eigenvalue weighted by Crippen LogP contribution is 2.16. The molecule has 0 unspecified atom stereocenters. The van der Waals surface area contributed by atoms with Gasteiger partial charge in [-0.05, 0) is 12.1 Å². The summed E-state index contributed by atoms with van der Waals surface area (Å²) in [6.45, 7) is 2.07. The topological polar surface area (TPSA) is 73.2 Å². The summed E-state index contributed by atoms with van der Waals surface area (Å²) in [4.78, 5) is 26.9. The molecular formula is C14H17N3O3. The monoisotopic (exact) mass is 275 g/mol. The van der Waals surface area contributed by atoms with Gasteiger partial charge in [0.2, 0.25) is 5.91 Å². The molecule has 0 saturated carbocycles. The molecule has 0 fully saturated rings. The van der Waals surface area contributed by atoms with Crippen molar-refractivity contribution in [1.29, 1.82) is 0 Å². The van der Waals surface area contributed by atoms with Crippen LogP contribution in [0.2, 0.25) is 0 Å². The number of fused-ring (bicyclic) bond motifs is 1. The van der Waals surface area contributed by atoms with Crippen LogP contribution < -0.4 is 5.32 Å². The van der Waals surface area contributed by atoms with Gasteiger partial charge in [-0.2, -0.15) is 0 Å². The summed E-state index contributed by atoms with van der Waals surface area (Å²) < 4.78 is 6.54. The number of methoxy groups -OCH3 is 1. The second-order valence-corrected chi connectivity index (χ2v) is 4.41. The molecule has 0 radical (unpaired) electrons. The van der Waals surface area contributed by atoms with Crippen LogP contribution in [0.5, 0.6) is 0 Å². The number of esters is 1. The van der Waals surface area contributed by atoms with Gasteiger partial charge in [0, 0.05) is 19.9 Å². The van der Waals surface area contributed by atoms with Crippen molar-refractivity contribution in [1.82, 2.24) is 14.9 Å². The molecule has 1 N–H and O–H groups in total. The van der Waals surface area contributed by atoms with Crippen molar-refractivity contribution in [2.45, 2.75) is 19.9 Å². The summed E-state index contributed by atoms with van der Waals surface area (Å²) in [6, 6.07) is 7.60. The first kappa shape index (κ1) is 14.0. The van der Waals surface area contributed by atoms with Gasteiger partial charge in [-0.3, -0.25) is 9.59 Å². The number of ether oxygens (including phenoxy) is 1. The molecule has 1 amide bonds. The zero-order chi connectivity index (χ0) is 14.5. The maximum atomic E-state index is 11.5. The van der Waals surface area contributed by atoms with Crippen molar-refractivity contribution in [3.8, 4) is 0 Å². The number of hydrogen-bond donors (Lipinski definition) is 1. The zero-order valence-corrected chi connectivity index (χ0v) is 11.5. The Kier molecular flexibility index (Phi) is 4.34. The Morgan fingerprint density at radius 3 is 2.80 bits per heavy atom. The summed E-state index contributed by atoms with van der Waals surface area (Å²) in [5, 5.41) is 2.72. The Balaban J connectivity index is 2.28. The van der Waals surface area contributed by atoms with E-state index in [9.17, 15) is 9.59 Å². The molecule has 0 atom stereocenters. The fourth-order valence-corrected chi connectivity index (χ4v) is 2.04. The summed E-state index contributed by atoms with van der Waals surface area (Å²) in [5.41, 5.74) is 1.71. The lowest BCUT2D eigenvalue weighted by Crippen LogP contribution is -2.24. The molecule has 0 aliphatic heterocycles. The van der Waals surface area contributed by atoms with Crippen LogP contribution >= 0.6 is 0 Å². The van der Waals surface area contributed by atoms with Crippen molar-refractivity contribution >= 4 is 22.9 Å². The Bertz CT molecular complexity index is 634. The van der Waals surface area contributed by atoms with E-state index >= 15 is 0 Å². The van der Waals surface area contributed by atoms with Crippen LogP contribution in [-0.4, -0.2) is 35.1 Å². The molecule has 1 heterocycles. The maximum Gasteiger partial charge on any atom is 0.325 e. The van der Waals surface area contributed by atoms with E-state index in [1.54, 1.807) is 0 Å². The second-order valence-electron chi connectivity index (χ2n) is 4.41. The third-order valence-electron chi connectivity index (χ3n) is 2.97. The smallest absolute Gasteiger partial charge is 0.325 e. The van der Waals surface area contributed by atoms with Gasteiger partial charge in [0.15, 0.2) is 0 Å². The molecule has 6 heteroatoms. The van der Waals surface area contributed by atoms with Gasteiger partial charge in [0.25, 0.3) is 0 Å². The highest BCUT2D eigenvalue weighted by molar-refractivity contribution is 5.79. The number of para-hydroxylation sites is 2. The van der Waals surface area contributed by atoms with Crippen molar-refractivity contribution in [3.05, 3.63) is 30.1 Å². The lowest BCUT2D eigenvalue weighted by molar-refractivity contribution is -0.141. The number of carbonyl (C=O) groups excluding carboxylic acids is 2. The average molecular weight is 275 g/mol.